The first kappa shape index (κ1) is 21.1. The maximum absolute atomic E-state index is 12.1. The van der Waals surface area contributed by atoms with Crippen LogP contribution in [0, 0.1) is 0 Å². The molecule has 1 aromatic rings. The molecule has 1 amide bonds. The van der Waals surface area contributed by atoms with Crippen LogP contribution in [-0.4, -0.2) is 42.6 Å². The van der Waals surface area contributed by atoms with Crippen molar-refractivity contribution < 1.29 is 23.9 Å². The molecular weight excluding hydrogens is 364 g/mol. The van der Waals surface area contributed by atoms with E-state index in [1.807, 2.05) is 30.3 Å². The summed E-state index contributed by atoms with van der Waals surface area (Å²) in [6.07, 6.45) is 0.225. The van der Waals surface area contributed by atoms with E-state index in [0.29, 0.717) is 5.84 Å². The van der Waals surface area contributed by atoms with Crippen LogP contribution in [0.1, 0.15) is 44.6 Å². The van der Waals surface area contributed by atoms with Crippen molar-refractivity contribution in [2.24, 2.45) is 10.2 Å². The van der Waals surface area contributed by atoms with Gasteiger partial charge >= 0.3 is 11.9 Å². The van der Waals surface area contributed by atoms with Crippen molar-refractivity contribution in [3.63, 3.8) is 0 Å². The van der Waals surface area contributed by atoms with Crippen LogP contribution in [0.25, 0.3) is 0 Å². The number of amidine groups is 1. The summed E-state index contributed by atoms with van der Waals surface area (Å²) in [6.45, 7) is 3.82. The highest BCUT2D eigenvalue weighted by Crippen LogP contribution is 2.22. The maximum atomic E-state index is 12.1. The van der Waals surface area contributed by atoms with Crippen molar-refractivity contribution in [2.45, 2.75) is 39.0 Å². The summed E-state index contributed by atoms with van der Waals surface area (Å²) >= 11 is 0. The van der Waals surface area contributed by atoms with E-state index < -0.39 is 11.9 Å². The van der Waals surface area contributed by atoms with Gasteiger partial charge in [-0.25, -0.2) is 4.79 Å². The minimum atomic E-state index is -0.646. The first-order valence-electron chi connectivity index (χ1n) is 9.12. The molecule has 1 saturated heterocycles. The zero-order chi connectivity index (χ0) is 20.4. The molecule has 0 saturated carbocycles. The summed E-state index contributed by atoms with van der Waals surface area (Å²) in [5, 5.41) is 8.14. The van der Waals surface area contributed by atoms with E-state index in [2.05, 4.69) is 21.1 Å². The molecule has 2 rings (SSSR count). The zero-order valence-corrected chi connectivity index (χ0v) is 15.9. The first-order chi connectivity index (χ1) is 13.5. The van der Waals surface area contributed by atoms with Crippen LogP contribution >= 0.6 is 0 Å². The molecule has 0 radical (unpaired) electrons. The Hall–Kier alpha value is -3.23. The summed E-state index contributed by atoms with van der Waals surface area (Å²) in [4.78, 5) is 35.5. The number of nitrogens with one attached hydrogen (secondary N) is 2. The van der Waals surface area contributed by atoms with E-state index in [4.69, 9.17) is 9.47 Å². The maximum Gasteiger partial charge on any atom is 0.354 e. The lowest BCUT2D eigenvalue weighted by atomic mass is 9.93. The van der Waals surface area contributed by atoms with Gasteiger partial charge in [-0.05, 0) is 19.4 Å². The number of carbonyl (C=O) groups is 3. The standard InChI is InChI=1S/C19H24N4O5/c1-3-27-17(25)11-10-15(19(26)28-4-2)20-22-18-14(12-16(24)21-23-18)13-8-6-5-7-9-13/h5-9,14H,3-4,10-12H2,1-2H3,(H,21,24)(H,22,23). The quantitative estimate of drug-likeness (QED) is 0.395. The Bertz CT molecular complexity index is 761. The smallest absolute Gasteiger partial charge is 0.354 e. The molecular formula is C19H24N4O5. The van der Waals surface area contributed by atoms with Gasteiger partial charge in [0.25, 0.3) is 0 Å². The van der Waals surface area contributed by atoms with E-state index >= 15 is 0 Å². The van der Waals surface area contributed by atoms with Crippen LogP contribution in [0.3, 0.4) is 0 Å². The van der Waals surface area contributed by atoms with Crippen molar-refractivity contribution in [3.05, 3.63) is 35.9 Å². The molecule has 150 valence electrons. The minimum absolute atomic E-state index is 0.00733. The van der Waals surface area contributed by atoms with Crippen molar-refractivity contribution >= 4 is 29.4 Å². The number of esters is 2. The second kappa shape index (κ2) is 10.8. The van der Waals surface area contributed by atoms with Crippen molar-refractivity contribution in [1.82, 2.24) is 10.9 Å². The highest BCUT2D eigenvalue weighted by molar-refractivity contribution is 6.36. The Balaban J connectivity index is 2.24. The van der Waals surface area contributed by atoms with Gasteiger partial charge in [-0.15, -0.1) is 10.2 Å². The van der Waals surface area contributed by atoms with Crippen LogP contribution in [0.2, 0.25) is 0 Å². The van der Waals surface area contributed by atoms with Gasteiger partial charge in [-0.1, -0.05) is 30.3 Å². The van der Waals surface area contributed by atoms with E-state index in [-0.39, 0.29) is 50.0 Å². The van der Waals surface area contributed by atoms with Gasteiger partial charge in [0, 0.05) is 12.8 Å². The molecule has 2 N–H and O–H groups in total. The summed E-state index contributed by atoms with van der Waals surface area (Å²) in [5.41, 5.74) is 6.13. The number of hydrogen-bond acceptors (Lipinski definition) is 7. The van der Waals surface area contributed by atoms with Crippen molar-refractivity contribution in [1.29, 1.82) is 0 Å². The third kappa shape index (κ3) is 6.19. The second-order valence-electron chi connectivity index (χ2n) is 5.90. The highest BCUT2D eigenvalue weighted by Gasteiger charge is 2.27. The van der Waals surface area contributed by atoms with Crippen LogP contribution in [0.5, 0.6) is 0 Å². The van der Waals surface area contributed by atoms with Crippen LogP contribution in [0.4, 0.5) is 0 Å². The van der Waals surface area contributed by atoms with Gasteiger partial charge in [-0.3, -0.25) is 20.4 Å². The topological polar surface area (TPSA) is 118 Å². The van der Waals surface area contributed by atoms with Gasteiger partial charge in [0.05, 0.1) is 25.6 Å². The molecule has 1 aliphatic heterocycles. The average molecular weight is 388 g/mol. The third-order valence-electron chi connectivity index (χ3n) is 3.91. The SMILES string of the molecule is CCOC(=O)CCC(=NN=C1NNC(=O)CC1c1ccccc1)C(=O)OCC. The van der Waals surface area contributed by atoms with Crippen LogP contribution in [0.15, 0.2) is 40.5 Å². The number of benzene rings is 1. The normalized spacial score (nSPS) is 18.2. The number of hydrogen-bond donors (Lipinski definition) is 2. The lowest BCUT2D eigenvalue weighted by molar-refractivity contribution is -0.142. The second-order valence-corrected chi connectivity index (χ2v) is 5.90. The molecule has 0 aliphatic carbocycles. The van der Waals surface area contributed by atoms with Crippen LogP contribution in [-0.2, 0) is 23.9 Å². The third-order valence-corrected chi connectivity index (χ3v) is 3.91. The Morgan fingerprint density at radius 1 is 1.07 bits per heavy atom. The van der Waals surface area contributed by atoms with E-state index in [9.17, 15) is 14.4 Å². The monoisotopic (exact) mass is 388 g/mol. The molecule has 1 heterocycles. The Kier molecular flexibility index (Phi) is 8.13. The average Bonchev–Trinajstić information content (AvgIpc) is 2.70. The van der Waals surface area contributed by atoms with Gasteiger partial charge in [0.1, 0.15) is 5.71 Å². The molecule has 0 aromatic heterocycles. The highest BCUT2D eigenvalue weighted by atomic mass is 16.5. The van der Waals surface area contributed by atoms with E-state index in [0.717, 1.165) is 5.56 Å². The predicted octanol–water partition coefficient (Wildman–Crippen LogP) is 1.46. The zero-order valence-electron chi connectivity index (χ0n) is 15.9. The van der Waals surface area contributed by atoms with Crippen LogP contribution < -0.4 is 10.9 Å². The fourth-order valence-electron chi connectivity index (χ4n) is 2.58. The number of ether oxygens (including phenoxy) is 2. The fraction of sp³-hybridized carbons (Fsp3) is 0.421. The van der Waals surface area contributed by atoms with Gasteiger partial charge in [0.15, 0.2) is 5.84 Å². The summed E-state index contributed by atoms with van der Waals surface area (Å²) in [6, 6.07) is 9.38. The molecule has 1 fully saturated rings. The molecule has 9 nitrogen and oxygen atoms in total. The Morgan fingerprint density at radius 3 is 2.46 bits per heavy atom. The Labute approximate surface area is 163 Å². The van der Waals surface area contributed by atoms with E-state index in [1.54, 1.807) is 13.8 Å². The molecule has 9 heteroatoms. The summed E-state index contributed by atoms with van der Waals surface area (Å²) < 4.78 is 9.85. The molecule has 1 unspecified atom stereocenters. The molecule has 28 heavy (non-hydrogen) atoms. The predicted molar refractivity (Wildman–Crippen MR) is 102 cm³/mol. The first-order valence-corrected chi connectivity index (χ1v) is 9.12. The molecule has 1 aromatic carbocycles. The lowest BCUT2D eigenvalue weighted by Gasteiger charge is -2.25. The summed E-state index contributed by atoms with van der Waals surface area (Å²) in [5.74, 6) is -1.19. The van der Waals surface area contributed by atoms with Gasteiger partial charge in [0.2, 0.25) is 5.91 Å². The minimum Gasteiger partial charge on any atom is -0.466 e. The number of nitrogens with zero attached hydrogens (tertiary/aromatic N) is 2. The molecule has 1 atom stereocenters. The number of amides is 1. The largest absolute Gasteiger partial charge is 0.466 e. The van der Waals surface area contributed by atoms with Gasteiger partial charge in [-0.2, -0.15) is 0 Å². The Morgan fingerprint density at radius 2 is 1.79 bits per heavy atom. The fourth-order valence-corrected chi connectivity index (χ4v) is 2.58. The number of carbonyl (C=O) groups excluding carboxylic acids is 3. The number of hydrazine groups is 1. The van der Waals surface area contributed by atoms with E-state index in [1.165, 1.54) is 0 Å². The van der Waals surface area contributed by atoms with Crippen molar-refractivity contribution in [3.8, 4) is 0 Å². The van der Waals surface area contributed by atoms with Gasteiger partial charge < -0.3 is 9.47 Å². The molecule has 1 aliphatic rings. The molecule has 0 spiro atoms. The summed E-state index contributed by atoms with van der Waals surface area (Å²) in [7, 11) is 0. The number of rotatable bonds is 8. The van der Waals surface area contributed by atoms with Crippen molar-refractivity contribution in [2.75, 3.05) is 13.2 Å². The lowest BCUT2D eigenvalue weighted by Crippen LogP contribution is -2.50. The molecule has 0 bridgehead atoms.